The topological polar surface area (TPSA) is 86.6 Å². The molecule has 0 bridgehead atoms. The highest BCUT2D eigenvalue weighted by atomic mass is 19.4. The number of aliphatic hydroxyl groups excluding tert-OH is 1. The molecule has 6 nitrogen and oxygen atoms in total. The molecule has 0 unspecified atom stereocenters. The third-order valence-electron chi connectivity index (χ3n) is 6.48. The van der Waals surface area contributed by atoms with Crippen molar-refractivity contribution in [1.29, 1.82) is 0 Å². The van der Waals surface area contributed by atoms with Gasteiger partial charge >= 0.3 is 12.2 Å². The van der Waals surface area contributed by atoms with Gasteiger partial charge in [0.05, 0.1) is 11.3 Å². The van der Waals surface area contributed by atoms with Crippen LogP contribution in [0.1, 0.15) is 61.0 Å². The zero-order valence-electron chi connectivity index (χ0n) is 21.4. The van der Waals surface area contributed by atoms with E-state index >= 15 is 0 Å². The quantitative estimate of drug-likeness (QED) is 0.262. The predicted molar refractivity (Wildman–Crippen MR) is 144 cm³/mol. The number of alkyl halides is 3. The van der Waals surface area contributed by atoms with Gasteiger partial charge in [0.25, 0.3) is 0 Å². The van der Waals surface area contributed by atoms with Crippen LogP contribution in [0.25, 0.3) is 11.1 Å². The summed E-state index contributed by atoms with van der Waals surface area (Å²) in [6.45, 7) is 2.13. The number of hydrogen-bond acceptors (Lipinski definition) is 4. The monoisotopic (exact) mass is 524 g/mol. The highest BCUT2D eigenvalue weighted by Crippen LogP contribution is 2.42. The van der Waals surface area contributed by atoms with Crippen LogP contribution in [0.3, 0.4) is 0 Å². The van der Waals surface area contributed by atoms with E-state index in [-0.39, 0.29) is 12.3 Å². The zero-order chi connectivity index (χ0) is 27.3. The normalized spacial score (nSPS) is 13.9. The van der Waals surface area contributed by atoms with Crippen molar-refractivity contribution in [3.05, 3.63) is 77.1 Å². The van der Waals surface area contributed by atoms with Gasteiger partial charge in [-0.3, -0.25) is 9.98 Å². The second kappa shape index (κ2) is 11.8. The number of aryl methyl sites for hydroxylation is 1. The SMILES string of the molecule is CCC(=NC)c1c(-c2ccc(NC(=O)Nc3cccc(C(F)(F)F)c3)cc2)cc(C2CC2)nc1CCCO. The number of carbonyl (C=O) groups excluding carboxylic acids is 1. The maximum Gasteiger partial charge on any atom is 0.416 e. The average molecular weight is 525 g/mol. The Morgan fingerprint density at radius 1 is 1.08 bits per heavy atom. The molecule has 38 heavy (non-hydrogen) atoms. The smallest absolute Gasteiger partial charge is 0.396 e. The molecule has 1 aliphatic rings. The van der Waals surface area contributed by atoms with Gasteiger partial charge in [-0.15, -0.1) is 0 Å². The lowest BCUT2D eigenvalue weighted by Gasteiger charge is -2.18. The molecule has 0 radical (unpaired) electrons. The van der Waals surface area contributed by atoms with Gasteiger partial charge in [-0.1, -0.05) is 25.1 Å². The van der Waals surface area contributed by atoms with Crippen LogP contribution < -0.4 is 10.6 Å². The first-order valence-electron chi connectivity index (χ1n) is 12.7. The number of nitrogens with one attached hydrogen (secondary N) is 2. The Hall–Kier alpha value is -3.72. The Kier molecular flexibility index (Phi) is 8.46. The first-order valence-corrected chi connectivity index (χ1v) is 12.7. The molecule has 2 amide bonds. The molecule has 0 aliphatic heterocycles. The van der Waals surface area contributed by atoms with Crippen LogP contribution in [0.4, 0.5) is 29.3 Å². The summed E-state index contributed by atoms with van der Waals surface area (Å²) in [4.78, 5) is 21.9. The molecule has 0 saturated heterocycles. The van der Waals surface area contributed by atoms with Crippen LogP contribution in [0.15, 0.2) is 59.6 Å². The Balaban J connectivity index is 1.59. The van der Waals surface area contributed by atoms with Crippen LogP contribution in [0.2, 0.25) is 0 Å². The van der Waals surface area contributed by atoms with Gasteiger partial charge in [0.15, 0.2) is 0 Å². The van der Waals surface area contributed by atoms with Gasteiger partial charge in [0.1, 0.15) is 0 Å². The van der Waals surface area contributed by atoms with E-state index in [0.29, 0.717) is 24.4 Å². The van der Waals surface area contributed by atoms with E-state index in [1.165, 1.54) is 12.1 Å². The number of anilines is 2. The lowest BCUT2D eigenvalue weighted by Crippen LogP contribution is -2.19. The fourth-order valence-corrected chi connectivity index (χ4v) is 4.43. The van der Waals surface area contributed by atoms with E-state index < -0.39 is 17.8 Å². The molecule has 1 aromatic heterocycles. The van der Waals surface area contributed by atoms with E-state index in [2.05, 4.69) is 21.7 Å². The number of aliphatic hydroxyl groups is 1. The van der Waals surface area contributed by atoms with Crippen LogP contribution in [0, 0.1) is 0 Å². The third kappa shape index (κ3) is 6.58. The van der Waals surface area contributed by atoms with Crippen LogP contribution in [-0.4, -0.2) is 35.5 Å². The molecule has 1 saturated carbocycles. The summed E-state index contributed by atoms with van der Waals surface area (Å²) < 4.78 is 38.9. The minimum atomic E-state index is -4.49. The summed E-state index contributed by atoms with van der Waals surface area (Å²) in [6.07, 6.45) is -0.288. The number of pyridine rings is 1. The molecule has 9 heteroatoms. The van der Waals surface area contributed by atoms with E-state index in [1.54, 1.807) is 19.2 Å². The Morgan fingerprint density at radius 2 is 1.79 bits per heavy atom. The lowest BCUT2D eigenvalue weighted by molar-refractivity contribution is -0.137. The van der Waals surface area contributed by atoms with E-state index in [9.17, 15) is 23.1 Å². The number of aliphatic imine (C=N–C) groups is 1. The molecule has 200 valence electrons. The number of benzene rings is 2. The fourth-order valence-electron chi connectivity index (χ4n) is 4.43. The number of rotatable bonds is 9. The molecule has 1 aliphatic carbocycles. The van der Waals surface area contributed by atoms with Crippen molar-refractivity contribution in [3.8, 4) is 11.1 Å². The molecular formula is C29H31F3N4O2. The third-order valence-corrected chi connectivity index (χ3v) is 6.48. The van der Waals surface area contributed by atoms with Gasteiger partial charge in [0.2, 0.25) is 0 Å². The van der Waals surface area contributed by atoms with Crippen molar-refractivity contribution in [1.82, 2.24) is 4.98 Å². The van der Waals surface area contributed by atoms with Gasteiger partial charge in [-0.25, -0.2) is 4.79 Å². The molecule has 1 fully saturated rings. The minimum Gasteiger partial charge on any atom is -0.396 e. The summed E-state index contributed by atoms with van der Waals surface area (Å²) in [5, 5.41) is 14.6. The maximum absolute atomic E-state index is 13.0. The summed E-state index contributed by atoms with van der Waals surface area (Å²) in [6, 6.07) is 13.3. The predicted octanol–water partition coefficient (Wildman–Crippen LogP) is 7.04. The lowest BCUT2D eigenvalue weighted by atomic mass is 9.91. The van der Waals surface area contributed by atoms with Crippen LogP contribution >= 0.6 is 0 Å². The maximum atomic E-state index is 13.0. The molecule has 0 spiro atoms. The van der Waals surface area contributed by atoms with Gasteiger partial charge in [0, 0.05) is 47.9 Å². The fraction of sp³-hybridized carbons (Fsp3) is 0.345. The highest BCUT2D eigenvalue weighted by Gasteiger charge is 2.30. The van der Waals surface area contributed by atoms with E-state index in [1.807, 2.05) is 19.1 Å². The first-order chi connectivity index (χ1) is 18.2. The van der Waals surface area contributed by atoms with Crippen LogP contribution in [0.5, 0.6) is 0 Å². The highest BCUT2D eigenvalue weighted by molar-refractivity contribution is 6.07. The summed E-state index contributed by atoms with van der Waals surface area (Å²) in [7, 11) is 1.77. The summed E-state index contributed by atoms with van der Waals surface area (Å²) >= 11 is 0. The van der Waals surface area contributed by atoms with Crippen molar-refractivity contribution >= 4 is 23.1 Å². The Bertz CT molecular complexity index is 1320. The molecular weight excluding hydrogens is 493 g/mol. The number of urea groups is 1. The molecule has 4 rings (SSSR count). The van der Waals surface area contributed by atoms with E-state index in [0.717, 1.165) is 65.2 Å². The second-order valence-corrected chi connectivity index (χ2v) is 9.28. The van der Waals surface area contributed by atoms with Gasteiger partial charge in [-0.2, -0.15) is 13.2 Å². The zero-order valence-corrected chi connectivity index (χ0v) is 21.4. The van der Waals surface area contributed by atoms with Gasteiger partial charge in [-0.05, 0) is 79.6 Å². The number of aromatic nitrogens is 1. The van der Waals surface area contributed by atoms with Crippen molar-refractivity contribution in [3.63, 3.8) is 0 Å². The molecule has 1 heterocycles. The first kappa shape index (κ1) is 27.3. The summed E-state index contributed by atoms with van der Waals surface area (Å²) in [5.41, 5.74) is 5.56. The van der Waals surface area contributed by atoms with E-state index in [4.69, 9.17) is 4.98 Å². The molecule has 0 atom stereocenters. The second-order valence-electron chi connectivity index (χ2n) is 9.28. The molecule has 3 aromatic rings. The molecule has 3 N–H and O–H groups in total. The van der Waals surface area contributed by atoms with Crippen molar-refractivity contribution < 1.29 is 23.1 Å². The number of nitrogens with zero attached hydrogens (tertiary/aromatic N) is 2. The standard InChI is InChI=1S/C29H31F3N4O2/c1-3-24(33-2)27-23(17-26(19-9-10-19)36-25(27)8-5-15-37)18-11-13-21(14-12-18)34-28(38)35-22-7-4-6-20(16-22)29(30,31)32/h4,6-7,11-14,16-17,19,37H,3,5,8-10,15H2,1-2H3,(H2,34,35,38). The minimum absolute atomic E-state index is 0.0457. The average Bonchev–Trinajstić information content (AvgIpc) is 3.74. The number of hydrogen-bond donors (Lipinski definition) is 3. The number of carbonyl (C=O) groups is 1. The van der Waals surface area contributed by atoms with Gasteiger partial charge < -0.3 is 15.7 Å². The number of halogens is 3. The van der Waals surface area contributed by atoms with Crippen molar-refractivity contribution in [2.75, 3.05) is 24.3 Å². The summed E-state index contributed by atoms with van der Waals surface area (Å²) in [5.74, 6) is 0.444. The van der Waals surface area contributed by atoms with Crippen molar-refractivity contribution in [2.24, 2.45) is 4.99 Å². The van der Waals surface area contributed by atoms with Crippen LogP contribution in [-0.2, 0) is 12.6 Å². The number of amides is 2. The Morgan fingerprint density at radius 3 is 2.39 bits per heavy atom. The largest absolute Gasteiger partial charge is 0.416 e. The van der Waals surface area contributed by atoms with Crippen molar-refractivity contribution in [2.45, 2.75) is 51.1 Å². The molecule has 2 aromatic carbocycles. The Labute approximate surface area is 220 Å².